The van der Waals surface area contributed by atoms with Crippen molar-refractivity contribution in [1.29, 1.82) is 0 Å². The van der Waals surface area contributed by atoms with E-state index in [-0.39, 0.29) is 5.69 Å². The number of aromatic nitrogens is 2. The van der Waals surface area contributed by atoms with Gasteiger partial charge in [-0.15, -0.1) is 5.10 Å². The number of hydrogen-bond donors (Lipinski definition) is 2. The Morgan fingerprint density at radius 3 is 3.05 bits per heavy atom. The predicted octanol–water partition coefficient (Wildman–Crippen LogP) is 0.509. The van der Waals surface area contributed by atoms with Gasteiger partial charge in [-0.1, -0.05) is 0 Å². The third kappa shape index (κ3) is 3.90. The summed E-state index contributed by atoms with van der Waals surface area (Å²) in [6.45, 7) is 3.02. The van der Waals surface area contributed by atoms with E-state index < -0.39 is 4.92 Å². The van der Waals surface area contributed by atoms with Gasteiger partial charge in [0.25, 0.3) is 0 Å². The summed E-state index contributed by atoms with van der Waals surface area (Å²) in [7, 11) is 1.66. The van der Waals surface area contributed by atoms with Crippen LogP contribution in [-0.4, -0.2) is 47.0 Å². The molecule has 0 aliphatic carbocycles. The summed E-state index contributed by atoms with van der Waals surface area (Å²) >= 11 is 0. The van der Waals surface area contributed by atoms with Crippen LogP contribution in [0.15, 0.2) is 6.20 Å². The van der Waals surface area contributed by atoms with Crippen molar-refractivity contribution in [2.45, 2.75) is 18.9 Å². The normalized spacial score (nSPS) is 16.5. The quantitative estimate of drug-likeness (QED) is 0.444. The number of aryl methyl sites for hydroxylation is 1. The zero-order valence-electron chi connectivity index (χ0n) is 11.0. The highest BCUT2D eigenvalue weighted by molar-refractivity contribution is 5.54. The summed E-state index contributed by atoms with van der Waals surface area (Å²) in [6.07, 6.45) is 3.71. The van der Waals surface area contributed by atoms with Gasteiger partial charge < -0.3 is 15.4 Å². The lowest BCUT2D eigenvalue weighted by atomic mass is 10.1. The predicted molar refractivity (Wildman–Crippen MR) is 70.2 cm³/mol. The van der Waals surface area contributed by atoms with Gasteiger partial charge in [-0.2, -0.15) is 0 Å². The zero-order chi connectivity index (χ0) is 13.7. The van der Waals surface area contributed by atoms with Gasteiger partial charge in [0.2, 0.25) is 5.82 Å². The molecule has 0 aromatic carbocycles. The average Bonchev–Trinajstić information content (AvgIpc) is 2.77. The third-order valence-electron chi connectivity index (χ3n) is 3.04. The molecule has 0 amide bonds. The first-order chi connectivity index (χ1) is 9.16. The molecule has 2 rings (SSSR count). The van der Waals surface area contributed by atoms with E-state index >= 15 is 0 Å². The summed E-state index contributed by atoms with van der Waals surface area (Å²) in [6, 6.07) is 0. The van der Waals surface area contributed by atoms with Crippen LogP contribution in [-0.2, 0) is 11.8 Å². The third-order valence-corrected chi connectivity index (χ3v) is 3.04. The Hall–Kier alpha value is -1.67. The molecule has 1 aromatic rings. The molecule has 1 saturated heterocycles. The van der Waals surface area contributed by atoms with Crippen LogP contribution in [0.4, 0.5) is 11.5 Å². The first-order valence-corrected chi connectivity index (χ1v) is 6.41. The summed E-state index contributed by atoms with van der Waals surface area (Å²) in [5.74, 6) is 0.293. The number of nitrogens with zero attached hydrogens (tertiary/aromatic N) is 3. The van der Waals surface area contributed by atoms with Gasteiger partial charge in [0.15, 0.2) is 0 Å². The van der Waals surface area contributed by atoms with E-state index in [9.17, 15) is 10.1 Å². The van der Waals surface area contributed by atoms with E-state index in [1.54, 1.807) is 7.05 Å². The molecule has 1 aliphatic rings. The second kappa shape index (κ2) is 6.48. The van der Waals surface area contributed by atoms with Gasteiger partial charge >= 0.3 is 5.69 Å². The molecule has 1 aliphatic heterocycles. The van der Waals surface area contributed by atoms with Crippen molar-refractivity contribution in [3.8, 4) is 0 Å². The topological polar surface area (TPSA) is 94.2 Å². The molecule has 2 heterocycles. The van der Waals surface area contributed by atoms with Crippen LogP contribution in [0.3, 0.4) is 0 Å². The molecule has 1 fully saturated rings. The lowest BCUT2D eigenvalue weighted by Gasteiger charge is -2.22. The molecule has 0 bridgehead atoms. The second-order valence-corrected chi connectivity index (χ2v) is 4.54. The number of hydrogen-bond acceptors (Lipinski definition) is 6. The highest BCUT2D eigenvalue weighted by Gasteiger charge is 2.18. The molecule has 2 N–H and O–H groups in total. The first kappa shape index (κ1) is 13.8. The van der Waals surface area contributed by atoms with E-state index in [4.69, 9.17) is 4.74 Å². The maximum atomic E-state index is 10.8. The van der Waals surface area contributed by atoms with Crippen LogP contribution >= 0.6 is 0 Å². The fourth-order valence-corrected chi connectivity index (χ4v) is 2.09. The van der Waals surface area contributed by atoms with Crippen molar-refractivity contribution >= 4 is 11.5 Å². The Balaban J connectivity index is 1.74. The van der Waals surface area contributed by atoms with Gasteiger partial charge in [-0.05, 0) is 25.9 Å². The van der Waals surface area contributed by atoms with Crippen LogP contribution in [0.2, 0.25) is 0 Å². The number of anilines is 1. The lowest BCUT2D eigenvalue weighted by Crippen LogP contribution is -2.33. The van der Waals surface area contributed by atoms with E-state index in [0.717, 1.165) is 25.9 Å². The van der Waals surface area contributed by atoms with E-state index in [1.807, 2.05) is 0 Å². The van der Waals surface area contributed by atoms with Gasteiger partial charge in [0.05, 0.1) is 17.6 Å². The Bertz CT molecular complexity index is 428. The molecule has 0 atom stereocenters. The highest BCUT2D eigenvalue weighted by atomic mass is 16.6. The fraction of sp³-hybridized carbons (Fsp3) is 0.727. The van der Waals surface area contributed by atoms with Crippen LogP contribution in [0.1, 0.15) is 12.8 Å². The largest absolute Gasteiger partial charge is 0.376 e. The molecule has 8 nitrogen and oxygen atoms in total. The lowest BCUT2D eigenvalue weighted by molar-refractivity contribution is -0.384. The van der Waals surface area contributed by atoms with Gasteiger partial charge in [-0.3, -0.25) is 14.8 Å². The molecule has 19 heavy (non-hydrogen) atoms. The van der Waals surface area contributed by atoms with Gasteiger partial charge in [0, 0.05) is 13.6 Å². The van der Waals surface area contributed by atoms with Crippen LogP contribution in [0.25, 0.3) is 0 Å². The number of nitro groups is 1. The van der Waals surface area contributed by atoms with E-state index in [1.165, 1.54) is 10.9 Å². The standard InChI is InChI=1S/C11H19N5O3/c1-15-8-10(16(17)18)11(14-15)13-6-7-19-9-2-4-12-5-3-9/h8-9,12H,2-7H2,1H3,(H,13,14). The van der Waals surface area contributed by atoms with Crippen LogP contribution < -0.4 is 10.6 Å². The van der Waals surface area contributed by atoms with Crippen molar-refractivity contribution in [1.82, 2.24) is 15.1 Å². The molecular weight excluding hydrogens is 250 g/mol. The smallest absolute Gasteiger partial charge is 0.330 e. The van der Waals surface area contributed by atoms with Gasteiger partial charge in [0.1, 0.15) is 6.20 Å². The highest BCUT2D eigenvalue weighted by Crippen LogP contribution is 2.20. The number of rotatable bonds is 6. The summed E-state index contributed by atoms with van der Waals surface area (Å²) in [5, 5.41) is 21.0. The molecule has 8 heteroatoms. The Morgan fingerprint density at radius 2 is 2.37 bits per heavy atom. The minimum absolute atomic E-state index is 0.00985. The van der Waals surface area contributed by atoms with Crippen LogP contribution in [0.5, 0.6) is 0 Å². The molecule has 0 spiro atoms. The van der Waals surface area contributed by atoms with Crippen molar-refractivity contribution < 1.29 is 9.66 Å². The Kier molecular flexibility index (Phi) is 4.69. The van der Waals surface area contributed by atoms with Crippen molar-refractivity contribution in [3.05, 3.63) is 16.3 Å². The maximum absolute atomic E-state index is 10.8. The molecule has 1 aromatic heterocycles. The number of ether oxygens (including phenoxy) is 1. The number of nitrogens with one attached hydrogen (secondary N) is 2. The molecular formula is C11H19N5O3. The zero-order valence-corrected chi connectivity index (χ0v) is 11.0. The Labute approximate surface area is 111 Å². The van der Waals surface area contributed by atoms with E-state index in [0.29, 0.717) is 25.1 Å². The number of piperidine rings is 1. The van der Waals surface area contributed by atoms with E-state index in [2.05, 4.69) is 15.7 Å². The minimum Gasteiger partial charge on any atom is -0.376 e. The molecule has 0 saturated carbocycles. The van der Waals surface area contributed by atoms with Gasteiger partial charge in [-0.25, -0.2) is 0 Å². The SMILES string of the molecule is Cn1cc([N+](=O)[O-])c(NCCOC2CCNCC2)n1. The average molecular weight is 269 g/mol. The second-order valence-electron chi connectivity index (χ2n) is 4.54. The van der Waals surface area contributed by atoms with Crippen LogP contribution in [0, 0.1) is 10.1 Å². The minimum atomic E-state index is -0.441. The fourth-order valence-electron chi connectivity index (χ4n) is 2.09. The molecule has 106 valence electrons. The Morgan fingerprint density at radius 1 is 1.63 bits per heavy atom. The summed E-state index contributed by atoms with van der Waals surface area (Å²) in [4.78, 5) is 10.3. The monoisotopic (exact) mass is 269 g/mol. The van der Waals surface area contributed by atoms with Crippen molar-refractivity contribution in [3.63, 3.8) is 0 Å². The summed E-state index contributed by atoms with van der Waals surface area (Å²) in [5.41, 5.74) is -0.00985. The van der Waals surface area contributed by atoms with Crippen molar-refractivity contribution in [2.75, 3.05) is 31.6 Å². The molecule has 0 radical (unpaired) electrons. The summed E-state index contributed by atoms with van der Waals surface area (Å²) < 4.78 is 7.13. The van der Waals surface area contributed by atoms with Crippen molar-refractivity contribution in [2.24, 2.45) is 7.05 Å². The molecule has 0 unspecified atom stereocenters. The maximum Gasteiger partial charge on any atom is 0.330 e. The first-order valence-electron chi connectivity index (χ1n) is 6.41.